The molecule has 5 N–H and O–H groups in total. The zero-order valence-corrected chi connectivity index (χ0v) is 15.7. The highest BCUT2D eigenvalue weighted by molar-refractivity contribution is 7.92. The quantitative estimate of drug-likeness (QED) is 0.383. The van der Waals surface area contributed by atoms with Crippen molar-refractivity contribution in [2.75, 3.05) is 10.5 Å². The molecule has 0 heterocycles. The molecule has 27 heavy (non-hydrogen) atoms. The summed E-state index contributed by atoms with van der Waals surface area (Å²) in [5.74, 6) is 0.0701. The zero-order chi connectivity index (χ0) is 20.0. The minimum Gasteiger partial charge on any atom is -0.507 e. The van der Waals surface area contributed by atoms with Crippen LogP contribution in [0.3, 0.4) is 0 Å². The Kier molecular flexibility index (Phi) is 4.50. The Morgan fingerprint density at radius 2 is 1.67 bits per heavy atom. The molecule has 0 aliphatic carbocycles. The second kappa shape index (κ2) is 6.41. The second-order valence-corrected chi connectivity index (χ2v) is 9.02. The Labute approximate surface area is 156 Å². The van der Waals surface area contributed by atoms with E-state index in [0.29, 0.717) is 16.3 Å². The predicted molar refractivity (Wildman–Crippen MR) is 102 cm³/mol. The van der Waals surface area contributed by atoms with Gasteiger partial charge in [-0.05, 0) is 54.3 Å². The molecule has 3 rings (SSSR count). The van der Waals surface area contributed by atoms with Gasteiger partial charge in [-0.1, -0.05) is 12.1 Å². The van der Waals surface area contributed by atoms with Gasteiger partial charge in [0.2, 0.25) is 0 Å². The number of aromatic hydroxyl groups is 1. The normalized spacial score (nSPS) is 12.2. The molecule has 0 aromatic heterocycles. The van der Waals surface area contributed by atoms with Crippen LogP contribution in [0.25, 0.3) is 10.8 Å². The van der Waals surface area contributed by atoms with Gasteiger partial charge in [0, 0.05) is 5.39 Å². The number of anilines is 2. The lowest BCUT2D eigenvalue weighted by Crippen LogP contribution is -2.14. The Morgan fingerprint density at radius 3 is 2.33 bits per heavy atom. The Bertz CT molecular complexity index is 1270. The highest BCUT2D eigenvalue weighted by atomic mass is 32.2. The van der Waals surface area contributed by atoms with Crippen LogP contribution in [0.5, 0.6) is 5.75 Å². The molecule has 0 amide bonds. The highest BCUT2D eigenvalue weighted by Crippen LogP contribution is 2.31. The maximum Gasteiger partial charge on any atom is 0.296 e. The van der Waals surface area contributed by atoms with Gasteiger partial charge in [0.05, 0.1) is 16.3 Å². The van der Waals surface area contributed by atoms with E-state index < -0.39 is 25.0 Å². The number of sulfonamides is 1. The number of hydrogen-bond donors (Lipinski definition) is 4. The van der Waals surface area contributed by atoms with E-state index in [1.165, 1.54) is 30.3 Å². The topological polar surface area (TPSA) is 147 Å². The molecular formula is C17H16N2O6S2. The van der Waals surface area contributed by atoms with Crippen LogP contribution in [0.1, 0.15) is 5.56 Å². The smallest absolute Gasteiger partial charge is 0.296 e. The van der Waals surface area contributed by atoms with Crippen LogP contribution in [-0.2, 0) is 20.1 Å². The van der Waals surface area contributed by atoms with Crippen molar-refractivity contribution < 1.29 is 26.5 Å². The first kappa shape index (κ1) is 19.0. The molecule has 0 bridgehead atoms. The lowest BCUT2D eigenvalue weighted by molar-refractivity contribution is 0.477. The van der Waals surface area contributed by atoms with E-state index in [2.05, 4.69) is 4.72 Å². The van der Waals surface area contributed by atoms with Crippen molar-refractivity contribution in [2.24, 2.45) is 0 Å². The summed E-state index contributed by atoms with van der Waals surface area (Å²) in [6, 6.07) is 10.9. The maximum atomic E-state index is 12.6. The monoisotopic (exact) mass is 408 g/mol. The first-order valence-corrected chi connectivity index (χ1v) is 10.5. The van der Waals surface area contributed by atoms with Gasteiger partial charge in [-0.15, -0.1) is 0 Å². The van der Waals surface area contributed by atoms with Gasteiger partial charge in [-0.25, -0.2) is 8.42 Å². The summed E-state index contributed by atoms with van der Waals surface area (Å²) in [6.45, 7) is 1.73. The molecule has 8 nitrogen and oxygen atoms in total. The Hall–Kier alpha value is -2.82. The summed E-state index contributed by atoms with van der Waals surface area (Å²) in [7, 11) is -8.65. The summed E-state index contributed by atoms with van der Waals surface area (Å²) in [5.41, 5.74) is 5.87. The number of phenols is 1. The third-order valence-corrected chi connectivity index (χ3v) is 6.31. The molecule has 0 saturated carbocycles. The minimum absolute atomic E-state index is 0.0701. The summed E-state index contributed by atoms with van der Waals surface area (Å²) < 4.78 is 59.3. The van der Waals surface area contributed by atoms with E-state index in [4.69, 9.17) is 10.3 Å². The van der Waals surface area contributed by atoms with Crippen molar-refractivity contribution in [3.05, 3.63) is 54.1 Å². The SMILES string of the molecule is Cc1ccc2cc(S(=O)(=O)Nc3ccc(N)c(S(=O)(=O)O)c3)ccc2c1O. The first-order valence-electron chi connectivity index (χ1n) is 7.61. The highest BCUT2D eigenvalue weighted by Gasteiger charge is 2.19. The molecule has 3 aromatic rings. The predicted octanol–water partition coefficient (Wildman–Crippen LogP) is 2.48. The lowest BCUT2D eigenvalue weighted by atomic mass is 10.1. The number of fused-ring (bicyclic) bond motifs is 1. The summed E-state index contributed by atoms with van der Waals surface area (Å²) in [5, 5.41) is 11.1. The first-order chi connectivity index (χ1) is 12.5. The fraction of sp³-hybridized carbons (Fsp3) is 0.0588. The van der Waals surface area contributed by atoms with E-state index in [9.17, 15) is 21.9 Å². The standard InChI is InChI=1S/C17H16N2O6S2/c1-10-2-3-11-8-13(5-6-14(11)17(10)20)26(21,22)19-12-4-7-15(18)16(9-12)27(23,24)25/h2-9,19-20H,18H2,1H3,(H,23,24,25). The van der Waals surface area contributed by atoms with Gasteiger partial charge >= 0.3 is 0 Å². The number of benzene rings is 3. The van der Waals surface area contributed by atoms with Crippen LogP contribution in [-0.4, -0.2) is 26.5 Å². The van der Waals surface area contributed by atoms with Crippen LogP contribution in [0, 0.1) is 6.92 Å². The minimum atomic E-state index is -4.60. The van der Waals surface area contributed by atoms with Crippen molar-refractivity contribution in [3.8, 4) is 5.75 Å². The maximum absolute atomic E-state index is 12.6. The molecule has 3 aromatic carbocycles. The number of phenolic OH excluding ortho intramolecular Hbond substituents is 1. The lowest BCUT2D eigenvalue weighted by Gasteiger charge is -2.11. The molecule has 0 unspecified atom stereocenters. The van der Waals surface area contributed by atoms with Crippen molar-refractivity contribution in [1.29, 1.82) is 0 Å². The van der Waals surface area contributed by atoms with Gasteiger partial charge in [0.25, 0.3) is 20.1 Å². The molecule has 0 spiro atoms. The molecule has 0 fully saturated rings. The largest absolute Gasteiger partial charge is 0.507 e. The van der Waals surface area contributed by atoms with E-state index >= 15 is 0 Å². The summed E-state index contributed by atoms with van der Waals surface area (Å²) in [6.07, 6.45) is 0. The van der Waals surface area contributed by atoms with Crippen LogP contribution < -0.4 is 10.5 Å². The fourth-order valence-electron chi connectivity index (χ4n) is 2.60. The molecular weight excluding hydrogens is 392 g/mol. The average Bonchev–Trinajstić information content (AvgIpc) is 2.58. The number of nitrogens with one attached hydrogen (secondary N) is 1. The van der Waals surface area contributed by atoms with E-state index in [0.717, 1.165) is 6.07 Å². The van der Waals surface area contributed by atoms with Crippen molar-refractivity contribution in [1.82, 2.24) is 0 Å². The van der Waals surface area contributed by atoms with Gasteiger partial charge in [0.1, 0.15) is 10.6 Å². The van der Waals surface area contributed by atoms with Crippen LogP contribution >= 0.6 is 0 Å². The molecule has 0 atom stereocenters. The van der Waals surface area contributed by atoms with Gasteiger partial charge < -0.3 is 10.8 Å². The molecule has 10 heteroatoms. The van der Waals surface area contributed by atoms with Crippen molar-refractivity contribution in [3.63, 3.8) is 0 Å². The molecule has 0 aliphatic rings. The Morgan fingerprint density at radius 1 is 0.963 bits per heavy atom. The molecule has 0 saturated heterocycles. The third kappa shape index (κ3) is 3.68. The Balaban J connectivity index is 2.03. The molecule has 0 aliphatic heterocycles. The third-order valence-electron chi connectivity index (χ3n) is 4.02. The molecule has 142 valence electrons. The van der Waals surface area contributed by atoms with Crippen LogP contribution in [0.15, 0.2) is 58.3 Å². The van der Waals surface area contributed by atoms with Crippen molar-refractivity contribution in [2.45, 2.75) is 16.7 Å². The number of nitrogen functional groups attached to an aromatic ring is 1. The zero-order valence-electron chi connectivity index (χ0n) is 14.0. The number of nitrogens with two attached hydrogens (primary N) is 1. The van der Waals surface area contributed by atoms with Crippen LogP contribution in [0.2, 0.25) is 0 Å². The number of aryl methyl sites for hydroxylation is 1. The van der Waals surface area contributed by atoms with Crippen molar-refractivity contribution >= 4 is 42.3 Å². The second-order valence-electron chi connectivity index (χ2n) is 5.95. The average molecular weight is 408 g/mol. The van der Waals surface area contributed by atoms with Crippen LogP contribution in [0.4, 0.5) is 11.4 Å². The van der Waals surface area contributed by atoms with E-state index in [1.807, 2.05) is 0 Å². The van der Waals surface area contributed by atoms with Gasteiger partial charge in [-0.2, -0.15) is 8.42 Å². The molecule has 0 radical (unpaired) electrons. The summed E-state index contributed by atoms with van der Waals surface area (Å²) >= 11 is 0. The van der Waals surface area contributed by atoms with Gasteiger partial charge in [-0.3, -0.25) is 9.27 Å². The summed E-state index contributed by atoms with van der Waals surface area (Å²) in [4.78, 5) is -0.676. The number of rotatable bonds is 4. The van der Waals surface area contributed by atoms with E-state index in [1.54, 1.807) is 19.1 Å². The van der Waals surface area contributed by atoms with E-state index in [-0.39, 0.29) is 22.0 Å². The number of hydrogen-bond acceptors (Lipinski definition) is 6. The van der Waals surface area contributed by atoms with Gasteiger partial charge in [0.15, 0.2) is 0 Å². The fourth-order valence-corrected chi connectivity index (χ4v) is 4.33.